The molecule has 1 aromatic heterocycles. The molecule has 0 amide bonds. The van der Waals surface area contributed by atoms with Gasteiger partial charge in [0.2, 0.25) is 10.0 Å². The van der Waals surface area contributed by atoms with Gasteiger partial charge in [-0.15, -0.1) is 5.10 Å². The zero-order valence-corrected chi connectivity index (χ0v) is 19.1. The van der Waals surface area contributed by atoms with E-state index in [-0.39, 0.29) is 31.1 Å². The molecule has 3 heterocycles. The number of aryl methyl sites for hydroxylation is 1. The van der Waals surface area contributed by atoms with Gasteiger partial charge in [0.15, 0.2) is 11.2 Å². The molecule has 0 N–H and O–H groups in total. The molecule has 2 aliphatic rings. The van der Waals surface area contributed by atoms with Crippen molar-refractivity contribution >= 4 is 10.0 Å². The van der Waals surface area contributed by atoms with Gasteiger partial charge in [0, 0.05) is 19.2 Å². The summed E-state index contributed by atoms with van der Waals surface area (Å²) >= 11 is 0. The van der Waals surface area contributed by atoms with E-state index < -0.39 is 26.8 Å². The molecule has 1 atom stereocenters. The van der Waals surface area contributed by atoms with Gasteiger partial charge in [0.1, 0.15) is 18.2 Å². The molecule has 0 aliphatic carbocycles. The maximum absolute atomic E-state index is 14.6. The standard InChI is InChI=1S/C21H29FN4O5S/c1-15(2)11-17-14-31-19-6-3-5-18(22)21(19)32(27,28)26(17)13-16-12-25(24-23-16)8-7-20-29-9-4-10-30-20/h3,5-6,12,15,17,20H,4,7-11,13-14H2,1-2H3/t17-/m0/s1. The maximum Gasteiger partial charge on any atom is 0.250 e. The SMILES string of the molecule is CC(C)C[C@H]1COc2cccc(F)c2S(=O)(=O)N1Cc1cn(CCC2OCCCO2)nn1. The van der Waals surface area contributed by atoms with Crippen LogP contribution in [0.5, 0.6) is 5.75 Å². The molecule has 32 heavy (non-hydrogen) atoms. The van der Waals surface area contributed by atoms with Crippen molar-refractivity contribution in [3.63, 3.8) is 0 Å². The molecule has 4 rings (SSSR count). The highest BCUT2D eigenvalue weighted by atomic mass is 32.2. The van der Waals surface area contributed by atoms with Crippen LogP contribution in [-0.2, 0) is 32.6 Å². The summed E-state index contributed by atoms with van der Waals surface area (Å²) in [4.78, 5) is -0.426. The van der Waals surface area contributed by atoms with E-state index in [0.29, 0.717) is 38.3 Å². The predicted octanol–water partition coefficient (Wildman–Crippen LogP) is 2.57. The Labute approximate surface area is 187 Å². The Balaban J connectivity index is 1.55. The summed E-state index contributed by atoms with van der Waals surface area (Å²) in [5.41, 5.74) is 0.479. The van der Waals surface area contributed by atoms with E-state index in [1.165, 1.54) is 16.4 Å². The lowest BCUT2D eigenvalue weighted by Gasteiger charge is -2.28. The van der Waals surface area contributed by atoms with Crippen LogP contribution in [0.3, 0.4) is 0 Å². The van der Waals surface area contributed by atoms with Crippen molar-refractivity contribution in [3.8, 4) is 5.75 Å². The number of hydrogen-bond donors (Lipinski definition) is 0. The largest absolute Gasteiger partial charge is 0.490 e. The van der Waals surface area contributed by atoms with Gasteiger partial charge in [-0.2, -0.15) is 4.31 Å². The number of nitrogens with zero attached hydrogens (tertiary/aromatic N) is 4. The van der Waals surface area contributed by atoms with Crippen molar-refractivity contribution in [3.05, 3.63) is 35.9 Å². The minimum absolute atomic E-state index is 0.0206. The zero-order chi connectivity index (χ0) is 22.7. The molecule has 1 saturated heterocycles. The Morgan fingerprint density at radius 1 is 1.25 bits per heavy atom. The van der Waals surface area contributed by atoms with Crippen LogP contribution < -0.4 is 4.74 Å². The smallest absolute Gasteiger partial charge is 0.250 e. The van der Waals surface area contributed by atoms with Gasteiger partial charge in [-0.3, -0.25) is 4.68 Å². The van der Waals surface area contributed by atoms with Crippen LogP contribution in [0.1, 0.15) is 38.8 Å². The fourth-order valence-corrected chi connectivity index (χ4v) is 5.77. The molecule has 0 bridgehead atoms. The topological polar surface area (TPSA) is 95.8 Å². The first kappa shape index (κ1) is 23.1. The average molecular weight is 469 g/mol. The molecular formula is C21H29FN4O5S. The quantitative estimate of drug-likeness (QED) is 0.616. The van der Waals surface area contributed by atoms with Gasteiger partial charge in [-0.1, -0.05) is 25.1 Å². The number of sulfonamides is 1. The van der Waals surface area contributed by atoms with Crippen molar-refractivity contribution in [2.45, 2.75) is 63.4 Å². The van der Waals surface area contributed by atoms with Gasteiger partial charge in [0.05, 0.1) is 31.5 Å². The Morgan fingerprint density at radius 3 is 2.78 bits per heavy atom. The number of hydrogen-bond acceptors (Lipinski definition) is 7. The van der Waals surface area contributed by atoms with Crippen molar-refractivity contribution in [1.29, 1.82) is 0 Å². The Kier molecular flexibility index (Phi) is 7.08. The lowest BCUT2D eigenvalue weighted by molar-refractivity contribution is -0.182. The number of ether oxygens (including phenoxy) is 3. The van der Waals surface area contributed by atoms with Crippen LogP contribution in [0.25, 0.3) is 0 Å². The zero-order valence-electron chi connectivity index (χ0n) is 18.3. The summed E-state index contributed by atoms with van der Waals surface area (Å²) in [5.74, 6) is -0.565. The van der Waals surface area contributed by atoms with Gasteiger partial charge < -0.3 is 14.2 Å². The number of benzene rings is 1. The van der Waals surface area contributed by atoms with Crippen molar-refractivity contribution in [2.75, 3.05) is 19.8 Å². The van der Waals surface area contributed by atoms with Crippen LogP contribution in [0.2, 0.25) is 0 Å². The second kappa shape index (κ2) is 9.82. The van der Waals surface area contributed by atoms with E-state index in [1.54, 1.807) is 10.9 Å². The fourth-order valence-electron chi connectivity index (χ4n) is 4.00. The van der Waals surface area contributed by atoms with Gasteiger partial charge >= 0.3 is 0 Å². The lowest BCUT2D eigenvalue weighted by atomic mass is 10.0. The first-order valence-electron chi connectivity index (χ1n) is 10.9. The van der Waals surface area contributed by atoms with Gasteiger partial charge in [-0.25, -0.2) is 12.8 Å². The van der Waals surface area contributed by atoms with Gasteiger partial charge in [-0.05, 0) is 30.9 Å². The molecule has 0 spiro atoms. The molecule has 0 saturated carbocycles. The van der Waals surface area contributed by atoms with Crippen LogP contribution in [0, 0.1) is 11.7 Å². The summed E-state index contributed by atoms with van der Waals surface area (Å²) in [6.07, 6.45) is 3.51. The first-order valence-corrected chi connectivity index (χ1v) is 12.3. The van der Waals surface area contributed by atoms with E-state index in [0.717, 1.165) is 12.5 Å². The fraction of sp³-hybridized carbons (Fsp3) is 0.619. The maximum atomic E-state index is 14.6. The van der Waals surface area contributed by atoms with Crippen LogP contribution in [0.4, 0.5) is 4.39 Å². The van der Waals surface area contributed by atoms with E-state index in [4.69, 9.17) is 14.2 Å². The average Bonchev–Trinajstić information content (AvgIpc) is 3.17. The monoisotopic (exact) mass is 468 g/mol. The highest BCUT2D eigenvalue weighted by molar-refractivity contribution is 7.89. The van der Waals surface area contributed by atoms with Crippen LogP contribution in [0.15, 0.2) is 29.3 Å². The first-order chi connectivity index (χ1) is 15.3. The van der Waals surface area contributed by atoms with Crippen molar-refractivity contribution in [2.24, 2.45) is 5.92 Å². The Morgan fingerprint density at radius 2 is 2.03 bits per heavy atom. The van der Waals surface area contributed by atoms with Gasteiger partial charge in [0.25, 0.3) is 0 Å². The molecule has 1 aromatic carbocycles. The summed E-state index contributed by atoms with van der Waals surface area (Å²) in [6.45, 7) is 6.02. The number of fused-ring (bicyclic) bond motifs is 1. The molecule has 176 valence electrons. The molecule has 2 aliphatic heterocycles. The number of halogens is 1. The second-order valence-corrected chi connectivity index (χ2v) is 10.3. The lowest BCUT2D eigenvalue weighted by Crippen LogP contribution is -2.42. The number of aromatic nitrogens is 3. The molecule has 9 nitrogen and oxygen atoms in total. The van der Waals surface area contributed by atoms with Crippen molar-refractivity contribution < 1.29 is 27.0 Å². The normalized spacial score (nSPS) is 21.8. The molecule has 2 aromatic rings. The highest BCUT2D eigenvalue weighted by Gasteiger charge is 2.39. The van der Waals surface area contributed by atoms with Crippen LogP contribution >= 0.6 is 0 Å². The van der Waals surface area contributed by atoms with Crippen molar-refractivity contribution in [1.82, 2.24) is 19.3 Å². The second-order valence-electron chi connectivity index (χ2n) is 8.50. The van der Waals surface area contributed by atoms with E-state index in [1.807, 2.05) is 13.8 Å². The summed E-state index contributed by atoms with van der Waals surface area (Å²) < 4.78 is 61.3. The summed E-state index contributed by atoms with van der Waals surface area (Å²) in [6, 6.07) is 3.60. The third kappa shape index (κ3) is 5.11. The van der Waals surface area contributed by atoms with E-state index in [9.17, 15) is 12.8 Å². The highest BCUT2D eigenvalue weighted by Crippen LogP contribution is 2.35. The van der Waals surface area contributed by atoms with Crippen LogP contribution in [-0.4, -0.2) is 59.9 Å². The molecular weight excluding hydrogens is 439 g/mol. The molecule has 0 unspecified atom stereocenters. The predicted molar refractivity (Wildman–Crippen MR) is 113 cm³/mol. The van der Waals surface area contributed by atoms with E-state index >= 15 is 0 Å². The Hall–Kier alpha value is -2.08. The summed E-state index contributed by atoms with van der Waals surface area (Å²) in [5, 5.41) is 8.27. The molecule has 1 fully saturated rings. The Bertz CT molecular complexity index is 1020. The summed E-state index contributed by atoms with van der Waals surface area (Å²) in [7, 11) is -4.15. The van der Waals surface area contributed by atoms with E-state index in [2.05, 4.69) is 10.3 Å². The number of rotatable bonds is 7. The molecule has 0 radical (unpaired) electrons. The third-order valence-corrected chi connectivity index (χ3v) is 7.43. The minimum atomic E-state index is -4.15. The minimum Gasteiger partial charge on any atom is -0.490 e. The third-order valence-electron chi connectivity index (χ3n) is 5.47. The molecule has 11 heteroatoms.